The molecule has 1 aromatic rings. The van der Waals surface area contributed by atoms with Crippen molar-refractivity contribution < 1.29 is 19.8 Å². The van der Waals surface area contributed by atoms with Crippen LogP contribution in [0.3, 0.4) is 0 Å². The summed E-state index contributed by atoms with van der Waals surface area (Å²) in [5, 5.41) is 21.4. The number of carbonyl (C=O) groups is 2. The summed E-state index contributed by atoms with van der Waals surface area (Å²) in [6.45, 7) is 4.28. The second-order valence-corrected chi connectivity index (χ2v) is 5.56. The molecule has 0 saturated heterocycles. The van der Waals surface area contributed by atoms with Gasteiger partial charge in [-0.3, -0.25) is 9.59 Å². The zero-order valence-electron chi connectivity index (χ0n) is 12.5. The number of hydrogen-bond acceptors (Lipinski definition) is 3. The van der Waals surface area contributed by atoms with Crippen molar-refractivity contribution in [2.45, 2.75) is 38.6 Å². The second-order valence-electron chi connectivity index (χ2n) is 5.56. The molecule has 5 nitrogen and oxygen atoms in total. The Morgan fingerprint density at radius 1 is 1.10 bits per heavy atom. The Balaban J connectivity index is 2.58. The first-order valence-corrected chi connectivity index (χ1v) is 7.15. The molecule has 0 aliphatic rings. The van der Waals surface area contributed by atoms with E-state index in [9.17, 15) is 14.7 Å². The number of benzene rings is 1. The summed E-state index contributed by atoms with van der Waals surface area (Å²) < 4.78 is 0. The number of rotatable bonds is 9. The normalized spacial score (nSPS) is 13.9. The van der Waals surface area contributed by atoms with Crippen LogP contribution in [0.15, 0.2) is 30.3 Å². The smallest absolute Gasteiger partial charge is 0.320 e. The van der Waals surface area contributed by atoms with Gasteiger partial charge in [-0.1, -0.05) is 44.2 Å². The summed E-state index contributed by atoms with van der Waals surface area (Å²) in [6.07, 6.45) is 0.889. The fourth-order valence-electron chi connectivity index (χ4n) is 2.26. The van der Waals surface area contributed by atoms with Gasteiger partial charge in [-0.25, -0.2) is 0 Å². The molecule has 3 N–H and O–H groups in total. The minimum atomic E-state index is -0.893. The van der Waals surface area contributed by atoms with Gasteiger partial charge in [0.05, 0.1) is 5.92 Å². The molecule has 1 aromatic carbocycles. The zero-order valence-corrected chi connectivity index (χ0v) is 12.5. The molecule has 0 heterocycles. The predicted octanol–water partition coefficient (Wildman–Crippen LogP) is 2.33. The molecule has 2 atom stereocenters. The van der Waals surface area contributed by atoms with E-state index < -0.39 is 23.9 Å². The fourth-order valence-corrected chi connectivity index (χ4v) is 2.26. The summed E-state index contributed by atoms with van der Waals surface area (Å²) in [5.41, 5.74) is 0.738. The molecule has 0 radical (unpaired) electrons. The van der Waals surface area contributed by atoms with Crippen LogP contribution in [0.1, 0.15) is 38.2 Å². The van der Waals surface area contributed by atoms with E-state index >= 15 is 0 Å². The largest absolute Gasteiger partial charge is 0.481 e. The van der Waals surface area contributed by atoms with Crippen LogP contribution >= 0.6 is 0 Å². The number of nitrogens with one attached hydrogen (secondary N) is 1. The van der Waals surface area contributed by atoms with E-state index in [0.717, 1.165) is 5.56 Å². The van der Waals surface area contributed by atoms with E-state index in [1.165, 1.54) is 0 Å². The molecule has 2 unspecified atom stereocenters. The molecule has 0 saturated carbocycles. The molecule has 1 rings (SSSR count). The van der Waals surface area contributed by atoms with Crippen LogP contribution in [0.5, 0.6) is 0 Å². The van der Waals surface area contributed by atoms with Gasteiger partial charge in [-0.05, 0) is 30.9 Å². The highest BCUT2D eigenvalue weighted by molar-refractivity contribution is 5.76. The third-order valence-electron chi connectivity index (χ3n) is 3.33. The van der Waals surface area contributed by atoms with Crippen molar-refractivity contribution in [1.82, 2.24) is 5.32 Å². The number of carboxylic acids is 2. The van der Waals surface area contributed by atoms with Gasteiger partial charge in [0.25, 0.3) is 0 Å². The molecule has 5 heteroatoms. The van der Waals surface area contributed by atoms with Crippen molar-refractivity contribution in [2.24, 2.45) is 5.92 Å². The molecule has 0 spiro atoms. The summed E-state index contributed by atoms with van der Waals surface area (Å²) in [5.74, 6) is -2.13. The van der Waals surface area contributed by atoms with Crippen LogP contribution in [-0.4, -0.2) is 34.7 Å². The maximum absolute atomic E-state index is 11.3. The van der Waals surface area contributed by atoms with E-state index in [-0.39, 0.29) is 5.92 Å². The molecule has 0 aliphatic carbocycles. The predicted molar refractivity (Wildman–Crippen MR) is 80.3 cm³/mol. The van der Waals surface area contributed by atoms with Crippen LogP contribution in [0.4, 0.5) is 0 Å². The van der Waals surface area contributed by atoms with Crippen LogP contribution in [0.25, 0.3) is 0 Å². The molecule has 116 valence electrons. The van der Waals surface area contributed by atoms with Gasteiger partial charge < -0.3 is 15.5 Å². The number of hydrogen-bond donors (Lipinski definition) is 3. The third kappa shape index (κ3) is 5.95. The zero-order chi connectivity index (χ0) is 15.8. The lowest BCUT2D eigenvalue weighted by Crippen LogP contribution is -2.39. The van der Waals surface area contributed by atoms with Crippen molar-refractivity contribution in [3.05, 3.63) is 35.9 Å². The van der Waals surface area contributed by atoms with Gasteiger partial charge in [0, 0.05) is 0 Å². The maximum Gasteiger partial charge on any atom is 0.320 e. The van der Waals surface area contributed by atoms with Crippen LogP contribution in [0.2, 0.25) is 0 Å². The van der Waals surface area contributed by atoms with Crippen molar-refractivity contribution in [1.29, 1.82) is 0 Å². The van der Waals surface area contributed by atoms with E-state index in [2.05, 4.69) is 5.32 Å². The average molecular weight is 293 g/mol. The minimum Gasteiger partial charge on any atom is -0.481 e. The van der Waals surface area contributed by atoms with Crippen molar-refractivity contribution in [3.8, 4) is 0 Å². The first-order valence-electron chi connectivity index (χ1n) is 7.15. The summed E-state index contributed by atoms with van der Waals surface area (Å²) in [7, 11) is 0. The Morgan fingerprint density at radius 3 is 2.19 bits per heavy atom. The first-order chi connectivity index (χ1) is 9.91. The van der Waals surface area contributed by atoms with E-state index in [1.807, 2.05) is 19.9 Å². The van der Waals surface area contributed by atoms with Gasteiger partial charge in [0.2, 0.25) is 0 Å². The van der Waals surface area contributed by atoms with Gasteiger partial charge in [0.1, 0.15) is 6.04 Å². The average Bonchev–Trinajstić information content (AvgIpc) is 2.42. The first kappa shape index (κ1) is 17.2. The van der Waals surface area contributed by atoms with Gasteiger partial charge in [-0.15, -0.1) is 0 Å². The number of aliphatic carboxylic acids is 2. The van der Waals surface area contributed by atoms with Crippen molar-refractivity contribution in [3.63, 3.8) is 0 Å². The van der Waals surface area contributed by atoms with Crippen LogP contribution < -0.4 is 5.32 Å². The Hall–Kier alpha value is -1.88. The highest BCUT2D eigenvalue weighted by atomic mass is 16.4. The Kier molecular flexibility index (Phi) is 6.88. The maximum atomic E-state index is 11.3. The Morgan fingerprint density at radius 2 is 1.71 bits per heavy atom. The van der Waals surface area contributed by atoms with Gasteiger partial charge in [0.15, 0.2) is 0 Å². The second kappa shape index (κ2) is 8.42. The standard InChI is InChI=1S/C16H23NO4/c1-11(2)10-14(16(20)21)17-9-8-13(15(18)19)12-6-4-3-5-7-12/h3-7,11,13-14,17H,8-10H2,1-2H3,(H,18,19)(H,20,21). The molecule has 21 heavy (non-hydrogen) atoms. The molecule has 0 bridgehead atoms. The molecule has 0 amide bonds. The van der Waals surface area contributed by atoms with Crippen molar-refractivity contribution >= 4 is 11.9 Å². The fraction of sp³-hybridized carbons (Fsp3) is 0.500. The quantitative estimate of drug-likeness (QED) is 0.650. The van der Waals surface area contributed by atoms with Gasteiger partial charge in [-0.2, -0.15) is 0 Å². The molecular formula is C16H23NO4. The third-order valence-corrected chi connectivity index (χ3v) is 3.33. The highest BCUT2D eigenvalue weighted by Gasteiger charge is 2.22. The molecular weight excluding hydrogens is 270 g/mol. The molecule has 0 aliphatic heterocycles. The van der Waals surface area contributed by atoms with Crippen LogP contribution in [0, 0.1) is 5.92 Å². The van der Waals surface area contributed by atoms with E-state index in [1.54, 1.807) is 24.3 Å². The lowest BCUT2D eigenvalue weighted by Gasteiger charge is -2.18. The Bertz CT molecular complexity index is 459. The molecule has 0 fully saturated rings. The van der Waals surface area contributed by atoms with E-state index in [0.29, 0.717) is 19.4 Å². The number of carboxylic acid groups (broad SMARTS) is 2. The molecule has 0 aromatic heterocycles. The SMILES string of the molecule is CC(C)CC(NCCC(C(=O)O)c1ccccc1)C(=O)O. The van der Waals surface area contributed by atoms with Crippen molar-refractivity contribution in [2.75, 3.05) is 6.54 Å². The van der Waals surface area contributed by atoms with E-state index in [4.69, 9.17) is 5.11 Å². The lowest BCUT2D eigenvalue weighted by atomic mass is 9.95. The highest BCUT2D eigenvalue weighted by Crippen LogP contribution is 2.19. The minimum absolute atomic E-state index is 0.267. The summed E-state index contributed by atoms with van der Waals surface area (Å²) in [4.78, 5) is 22.5. The van der Waals surface area contributed by atoms with Gasteiger partial charge >= 0.3 is 11.9 Å². The monoisotopic (exact) mass is 293 g/mol. The Labute approximate surface area is 125 Å². The summed E-state index contributed by atoms with van der Waals surface area (Å²) in [6, 6.07) is 8.37. The van der Waals surface area contributed by atoms with Crippen LogP contribution in [-0.2, 0) is 9.59 Å². The topological polar surface area (TPSA) is 86.6 Å². The lowest BCUT2D eigenvalue weighted by molar-refractivity contribution is -0.140. The summed E-state index contributed by atoms with van der Waals surface area (Å²) >= 11 is 0.